The normalized spacial score (nSPS) is 15.8. The molecule has 1 fully saturated rings. The standard InChI is InChI=1S/C21H19F4N3O/c1-13-26-18-12-15(21(23,24)25)4-7-19(18)28(13)17-8-10-27(11-9-17)20(29)14-2-5-16(22)6-3-14/h2-7,12,17H,8-11H2,1H3. The number of hydrogen-bond donors (Lipinski definition) is 0. The van der Waals surface area contributed by atoms with Gasteiger partial charge in [0.15, 0.2) is 0 Å². The quantitative estimate of drug-likeness (QED) is 0.564. The highest BCUT2D eigenvalue weighted by atomic mass is 19.4. The van der Waals surface area contributed by atoms with Crippen LogP contribution in [0.2, 0.25) is 0 Å². The first-order valence-corrected chi connectivity index (χ1v) is 9.34. The molecule has 0 N–H and O–H groups in total. The molecule has 1 aromatic heterocycles. The lowest BCUT2D eigenvalue weighted by molar-refractivity contribution is -0.137. The summed E-state index contributed by atoms with van der Waals surface area (Å²) in [5.41, 5.74) is 0.712. The Balaban J connectivity index is 1.52. The van der Waals surface area contributed by atoms with E-state index in [0.29, 0.717) is 48.4 Å². The van der Waals surface area contributed by atoms with E-state index < -0.39 is 17.6 Å². The van der Waals surface area contributed by atoms with Crippen molar-refractivity contribution in [2.75, 3.05) is 13.1 Å². The van der Waals surface area contributed by atoms with E-state index in [1.165, 1.54) is 30.3 Å². The zero-order valence-corrected chi connectivity index (χ0v) is 15.7. The van der Waals surface area contributed by atoms with Gasteiger partial charge in [0.25, 0.3) is 5.91 Å². The van der Waals surface area contributed by atoms with Crippen molar-refractivity contribution >= 4 is 16.9 Å². The smallest absolute Gasteiger partial charge is 0.338 e. The van der Waals surface area contributed by atoms with E-state index in [-0.39, 0.29) is 11.9 Å². The zero-order valence-electron chi connectivity index (χ0n) is 15.7. The van der Waals surface area contributed by atoms with E-state index in [2.05, 4.69) is 4.98 Å². The number of halogens is 4. The molecule has 0 saturated carbocycles. The van der Waals surface area contributed by atoms with Crippen molar-refractivity contribution in [3.05, 3.63) is 65.2 Å². The summed E-state index contributed by atoms with van der Waals surface area (Å²) in [5, 5.41) is 0. The molecule has 2 aromatic carbocycles. The number of piperidine rings is 1. The fraction of sp³-hybridized carbons (Fsp3) is 0.333. The predicted octanol–water partition coefficient (Wildman–Crippen LogP) is 4.98. The van der Waals surface area contributed by atoms with Crippen LogP contribution < -0.4 is 0 Å². The maximum atomic E-state index is 13.1. The number of nitrogens with zero attached hydrogens (tertiary/aromatic N) is 3. The van der Waals surface area contributed by atoms with Gasteiger partial charge in [0, 0.05) is 24.7 Å². The molecule has 8 heteroatoms. The van der Waals surface area contributed by atoms with Gasteiger partial charge in [-0.05, 0) is 62.2 Å². The summed E-state index contributed by atoms with van der Waals surface area (Å²) < 4.78 is 53.9. The van der Waals surface area contributed by atoms with Crippen molar-refractivity contribution < 1.29 is 22.4 Å². The average Bonchev–Trinajstić information content (AvgIpc) is 3.02. The second kappa shape index (κ2) is 7.17. The van der Waals surface area contributed by atoms with E-state index in [0.717, 1.165) is 12.1 Å². The number of hydrogen-bond acceptors (Lipinski definition) is 2. The fourth-order valence-electron chi connectivity index (χ4n) is 3.96. The van der Waals surface area contributed by atoms with Crippen LogP contribution in [0.1, 0.15) is 40.6 Å². The molecule has 0 bridgehead atoms. The van der Waals surface area contributed by atoms with Gasteiger partial charge in [-0.15, -0.1) is 0 Å². The largest absolute Gasteiger partial charge is 0.416 e. The van der Waals surface area contributed by atoms with Gasteiger partial charge in [-0.3, -0.25) is 4.79 Å². The van der Waals surface area contributed by atoms with Crippen LogP contribution in [-0.4, -0.2) is 33.4 Å². The summed E-state index contributed by atoms with van der Waals surface area (Å²) in [4.78, 5) is 18.6. The van der Waals surface area contributed by atoms with Gasteiger partial charge in [0.2, 0.25) is 0 Å². The Kier molecular flexibility index (Phi) is 4.80. The summed E-state index contributed by atoms with van der Waals surface area (Å²) in [7, 11) is 0. The van der Waals surface area contributed by atoms with Crippen molar-refractivity contribution in [3.8, 4) is 0 Å². The first-order chi connectivity index (χ1) is 13.7. The summed E-state index contributed by atoms with van der Waals surface area (Å²) in [5.74, 6) is 0.115. The number of carbonyl (C=O) groups excluding carboxylic acids is 1. The zero-order chi connectivity index (χ0) is 20.8. The van der Waals surface area contributed by atoms with Crippen LogP contribution in [0.5, 0.6) is 0 Å². The Labute approximate surface area is 164 Å². The number of amides is 1. The molecule has 1 saturated heterocycles. The van der Waals surface area contributed by atoms with Crippen LogP contribution in [0.3, 0.4) is 0 Å². The number of rotatable bonds is 2. The van der Waals surface area contributed by atoms with Crippen molar-refractivity contribution in [2.45, 2.75) is 32.0 Å². The second-order valence-electron chi connectivity index (χ2n) is 7.26. The number of imidazole rings is 1. The Morgan fingerprint density at radius 1 is 1.07 bits per heavy atom. The van der Waals surface area contributed by atoms with Crippen molar-refractivity contribution in [1.29, 1.82) is 0 Å². The number of likely N-dealkylation sites (tertiary alicyclic amines) is 1. The molecule has 0 radical (unpaired) electrons. The predicted molar refractivity (Wildman–Crippen MR) is 100 cm³/mol. The van der Waals surface area contributed by atoms with E-state index in [1.54, 1.807) is 11.8 Å². The molecule has 1 aliphatic heterocycles. The highest BCUT2D eigenvalue weighted by Gasteiger charge is 2.32. The van der Waals surface area contributed by atoms with Crippen molar-refractivity contribution in [1.82, 2.24) is 14.5 Å². The van der Waals surface area contributed by atoms with Gasteiger partial charge in [-0.25, -0.2) is 9.37 Å². The Hall–Kier alpha value is -2.90. The molecular formula is C21H19F4N3O. The topological polar surface area (TPSA) is 38.1 Å². The lowest BCUT2D eigenvalue weighted by atomic mass is 10.0. The minimum atomic E-state index is -4.40. The molecule has 2 heterocycles. The van der Waals surface area contributed by atoms with Crippen molar-refractivity contribution in [3.63, 3.8) is 0 Å². The van der Waals surface area contributed by atoms with E-state index in [1.807, 2.05) is 4.57 Å². The number of aromatic nitrogens is 2. The number of carbonyl (C=O) groups is 1. The molecular weight excluding hydrogens is 386 g/mol. The Bertz CT molecular complexity index is 1050. The molecule has 0 aliphatic carbocycles. The fourth-order valence-corrected chi connectivity index (χ4v) is 3.96. The number of aryl methyl sites for hydroxylation is 1. The van der Waals surface area contributed by atoms with Crippen LogP contribution in [0, 0.1) is 12.7 Å². The van der Waals surface area contributed by atoms with E-state index >= 15 is 0 Å². The third-order valence-corrected chi connectivity index (χ3v) is 5.40. The first kappa shape index (κ1) is 19.4. The highest BCUT2D eigenvalue weighted by molar-refractivity contribution is 5.94. The molecule has 1 aliphatic rings. The molecule has 152 valence electrons. The van der Waals surface area contributed by atoms with Crippen LogP contribution >= 0.6 is 0 Å². The summed E-state index contributed by atoms with van der Waals surface area (Å²) in [6, 6.07) is 9.12. The molecule has 1 amide bonds. The van der Waals surface area contributed by atoms with Gasteiger partial charge in [-0.1, -0.05) is 0 Å². The maximum absolute atomic E-state index is 13.1. The monoisotopic (exact) mass is 405 g/mol. The lowest BCUT2D eigenvalue weighted by Gasteiger charge is -2.33. The minimum Gasteiger partial charge on any atom is -0.338 e. The van der Waals surface area contributed by atoms with Gasteiger partial charge >= 0.3 is 6.18 Å². The Morgan fingerprint density at radius 3 is 2.34 bits per heavy atom. The first-order valence-electron chi connectivity index (χ1n) is 9.34. The summed E-state index contributed by atoms with van der Waals surface area (Å²) in [6.45, 7) is 2.81. The molecule has 0 unspecified atom stereocenters. The van der Waals surface area contributed by atoms with E-state index in [4.69, 9.17) is 0 Å². The molecule has 0 atom stereocenters. The summed E-state index contributed by atoms with van der Waals surface area (Å²) in [6.07, 6.45) is -3.07. The average molecular weight is 405 g/mol. The second-order valence-corrected chi connectivity index (χ2v) is 7.26. The SMILES string of the molecule is Cc1nc2cc(C(F)(F)F)ccc2n1C1CCN(C(=O)c2ccc(F)cc2)CC1. The van der Waals surface area contributed by atoms with Crippen LogP contribution in [-0.2, 0) is 6.18 Å². The molecule has 29 heavy (non-hydrogen) atoms. The van der Waals surface area contributed by atoms with Gasteiger partial charge < -0.3 is 9.47 Å². The van der Waals surface area contributed by atoms with Gasteiger partial charge in [-0.2, -0.15) is 13.2 Å². The molecule has 0 spiro atoms. The van der Waals surface area contributed by atoms with Crippen molar-refractivity contribution in [2.24, 2.45) is 0 Å². The minimum absolute atomic E-state index is 0.0500. The maximum Gasteiger partial charge on any atom is 0.416 e. The molecule has 4 rings (SSSR count). The lowest BCUT2D eigenvalue weighted by Crippen LogP contribution is -2.39. The number of benzene rings is 2. The number of alkyl halides is 3. The van der Waals surface area contributed by atoms with Crippen LogP contribution in [0.15, 0.2) is 42.5 Å². The van der Waals surface area contributed by atoms with E-state index in [9.17, 15) is 22.4 Å². The van der Waals surface area contributed by atoms with Gasteiger partial charge in [0.05, 0.1) is 16.6 Å². The third kappa shape index (κ3) is 3.71. The molecule has 3 aromatic rings. The number of fused-ring (bicyclic) bond motifs is 1. The van der Waals surface area contributed by atoms with Crippen LogP contribution in [0.4, 0.5) is 17.6 Å². The summed E-state index contributed by atoms with van der Waals surface area (Å²) >= 11 is 0. The third-order valence-electron chi connectivity index (χ3n) is 5.40. The Morgan fingerprint density at radius 2 is 1.72 bits per heavy atom. The van der Waals surface area contributed by atoms with Gasteiger partial charge in [0.1, 0.15) is 11.6 Å². The van der Waals surface area contributed by atoms with Crippen LogP contribution in [0.25, 0.3) is 11.0 Å². The highest BCUT2D eigenvalue weighted by Crippen LogP contribution is 2.34. The molecule has 4 nitrogen and oxygen atoms in total.